The van der Waals surface area contributed by atoms with Gasteiger partial charge in [-0.2, -0.15) is 0 Å². The molecule has 4 saturated carbocycles. The number of carbonyl (C=O) groups is 1. The van der Waals surface area contributed by atoms with Crippen LogP contribution in [-0.4, -0.2) is 11.9 Å². The Kier molecular flexibility index (Phi) is 3.78. The van der Waals surface area contributed by atoms with Gasteiger partial charge in [0.1, 0.15) is 0 Å². The Morgan fingerprint density at radius 1 is 1.04 bits per heavy atom. The van der Waals surface area contributed by atoms with E-state index in [1.807, 2.05) is 32.0 Å². The molecule has 1 amide bonds. The molecule has 4 bridgehead atoms. The van der Waals surface area contributed by atoms with Crippen molar-refractivity contribution in [3.63, 3.8) is 0 Å². The van der Waals surface area contributed by atoms with E-state index in [1.165, 1.54) is 38.5 Å². The fourth-order valence-electron chi connectivity index (χ4n) is 6.22. The minimum Gasteiger partial charge on any atom is -0.352 e. The molecule has 1 aromatic carbocycles. The van der Waals surface area contributed by atoms with Gasteiger partial charge in [-0.05, 0) is 88.0 Å². The van der Waals surface area contributed by atoms with Crippen LogP contribution in [0.3, 0.4) is 0 Å². The van der Waals surface area contributed by atoms with Crippen molar-refractivity contribution in [2.75, 3.05) is 0 Å². The molecule has 130 valence electrons. The molecule has 0 heterocycles. The van der Waals surface area contributed by atoms with Gasteiger partial charge in [0.25, 0.3) is 0 Å². The monoisotopic (exact) mass is 325 g/mol. The Morgan fingerprint density at radius 3 is 2.04 bits per heavy atom. The minimum atomic E-state index is -0.474. The van der Waals surface area contributed by atoms with E-state index in [1.54, 1.807) is 0 Å². The van der Waals surface area contributed by atoms with Gasteiger partial charge in [0, 0.05) is 6.04 Å². The number of hydrogen-bond acceptors (Lipinski definition) is 1. The van der Waals surface area contributed by atoms with Crippen LogP contribution in [0.4, 0.5) is 0 Å². The fourth-order valence-corrected chi connectivity index (χ4v) is 6.22. The molecule has 4 aliphatic carbocycles. The lowest BCUT2D eigenvalue weighted by Gasteiger charge is -2.59. The van der Waals surface area contributed by atoms with E-state index >= 15 is 0 Å². The first kappa shape index (κ1) is 16.2. The number of rotatable bonds is 4. The summed E-state index contributed by atoms with van der Waals surface area (Å²) in [5.74, 6) is 2.96. The summed E-state index contributed by atoms with van der Waals surface area (Å²) in [5.41, 5.74) is 0.995. The van der Waals surface area contributed by atoms with Crippen molar-refractivity contribution in [1.82, 2.24) is 5.32 Å². The normalized spacial score (nSPS) is 35.7. The third kappa shape index (κ3) is 2.59. The highest BCUT2D eigenvalue weighted by Gasteiger charge is 2.53. The predicted octanol–water partition coefficient (Wildman–Crippen LogP) is 4.69. The van der Waals surface area contributed by atoms with Gasteiger partial charge in [-0.15, -0.1) is 0 Å². The summed E-state index contributed by atoms with van der Waals surface area (Å²) in [4.78, 5) is 13.1. The molecule has 2 nitrogen and oxygen atoms in total. The summed E-state index contributed by atoms with van der Waals surface area (Å²) >= 11 is 0. The maximum absolute atomic E-state index is 13.1. The molecule has 4 fully saturated rings. The zero-order valence-electron chi connectivity index (χ0n) is 15.3. The molecule has 2 heteroatoms. The molecule has 1 N–H and O–H groups in total. The first-order chi connectivity index (χ1) is 11.4. The van der Waals surface area contributed by atoms with Crippen LogP contribution in [0.5, 0.6) is 0 Å². The van der Waals surface area contributed by atoms with Crippen molar-refractivity contribution in [1.29, 1.82) is 0 Å². The third-order valence-electron chi connectivity index (χ3n) is 7.41. The zero-order chi connectivity index (χ0) is 16.9. The topological polar surface area (TPSA) is 29.1 Å². The van der Waals surface area contributed by atoms with E-state index in [0.29, 0.717) is 11.5 Å². The van der Waals surface area contributed by atoms with Crippen LogP contribution in [0.2, 0.25) is 0 Å². The van der Waals surface area contributed by atoms with Crippen molar-refractivity contribution in [2.24, 2.45) is 23.2 Å². The molecular weight excluding hydrogens is 294 g/mol. The molecule has 0 spiro atoms. The van der Waals surface area contributed by atoms with Gasteiger partial charge >= 0.3 is 0 Å². The average Bonchev–Trinajstić information content (AvgIpc) is 2.54. The van der Waals surface area contributed by atoms with Gasteiger partial charge in [-0.1, -0.05) is 30.3 Å². The minimum absolute atomic E-state index is 0.178. The summed E-state index contributed by atoms with van der Waals surface area (Å²) in [6, 6.07) is 10.5. The van der Waals surface area contributed by atoms with Crippen LogP contribution in [0.15, 0.2) is 30.3 Å². The molecular formula is C22H31NO. The average molecular weight is 325 g/mol. The lowest BCUT2D eigenvalue weighted by Crippen LogP contribution is -2.57. The maximum Gasteiger partial charge on any atom is 0.230 e. The van der Waals surface area contributed by atoms with Crippen LogP contribution in [0, 0.1) is 23.2 Å². The van der Waals surface area contributed by atoms with Crippen LogP contribution >= 0.6 is 0 Å². The van der Waals surface area contributed by atoms with Crippen molar-refractivity contribution in [3.05, 3.63) is 35.9 Å². The first-order valence-electron chi connectivity index (χ1n) is 9.75. The van der Waals surface area contributed by atoms with Crippen LogP contribution in [0.1, 0.15) is 64.9 Å². The van der Waals surface area contributed by atoms with Gasteiger partial charge in [0.15, 0.2) is 0 Å². The summed E-state index contributed by atoms with van der Waals surface area (Å²) in [6.45, 7) is 6.36. The Hall–Kier alpha value is -1.31. The van der Waals surface area contributed by atoms with Crippen molar-refractivity contribution in [2.45, 2.75) is 70.8 Å². The van der Waals surface area contributed by atoms with Gasteiger partial charge in [0.05, 0.1) is 5.41 Å². The molecule has 5 rings (SSSR count). The molecule has 0 aliphatic heterocycles. The summed E-state index contributed by atoms with van der Waals surface area (Å²) in [5, 5.41) is 3.44. The van der Waals surface area contributed by atoms with Gasteiger partial charge in [-0.3, -0.25) is 4.79 Å². The smallest absolute Gasteiger partial charge is 0.230 e. The molecule has 0 aromatic heterocycles. The lowest BCUT2D eigenvalue weighted by molar-refractivity contribution is -0.130. The van der Waals surface area contributed by atoms with Gasteiger partial charge in [-0.25, -0.2) is 0 Å². The molecule has 1 aromatic rings. The van der Waals surface area contributed by atoms with E-state index in [9.17, 15) is 4.79 Å². The van der Waals surface area contributed by atoms with Crippen LogP contribution in [0.25, 0.3) is 0 Å². The van der Waals surface area contributed by atoms with E-state index in [2.05, 4.69) is 24.4 Å². The predicted molar refractivity (Wildman–Crippen MR) is 97.7 cm³/mol. The highest BCUT2D eigenvalue weighted by Crippen LogP contribution is 2.61. The molecule has 4 aliphatic rings. The summed E-state index contributed by atoms with van der Waals surface area (Å²) in [7, 11) is 0. The second-order valence-corrected chi connectivity index (χ2v) is 9.47. The standard InChI is InChI=1S/C22H31NO/c1-15(22-12-16-9-17(13-22)11-18(10-16)14-22)23-20(24)21(2,3)19-7-5-4-6-8-19/h4-8,15-18H,9-14H2,1-3H3,(H,23,24). The van der Waals surface area contributed by atoms with E-state index < -0.39 is 5.41 Å². The number of carbonyl (C=O) groups excluding carboxylic acids is 1. The Morgan fingerprint density at radius 2 is 1.54 bits per heavy atom. The van der Waals surface area contributed by atoms with E-state index in [-0.39, 0.29) is 5.91 Å². The van der Waals surface area contributed by atoms with Crippen molar-refractivity contribution >= 4 is 5.91 Å². The molecule has 24 heavy (non-hydrogen) atoms. The summed E-state index contributed by atoms with van der Waals surface area (Å²) in [6.07, 6.45) is 8.38. The molecule has 1 unspecified atom stereocenters. The number of amides is 1. The second-order valence-electron chi connectivity index (χ2n) is 9.47. The van der Waals surface area contributed by atoms with Gasteiger partial charge in [0.2, 0.25) is 5.91 Å². The molecule has 0 saturated heterocycles. The Bertz CT molecular complexity index is 583. The fraction of sp³-hybridized carbons (Fsp3) is 0.682. The first-order valence-corrected chi connectivity index (χ1v) is 9.75. The largest absolute Gasteiger partial charge is 0.352 e. The third-order valence-corrected chi connectivity index (χ3v) is 7.41. The maximum atomic E-state index is 13.1. The Labute approximate surface area is 146 Å². The highest BCUT2D eigenvalue weighted by atomic mass is 16.2. The van der Waals surface area contributed by atoms with Crippen LogP contribution in [-0.2, 0) is 10.2 Å². The quantitative estimate of drug-likeness (QED) is 0.855. The van der Waals surface area contributed by atoms with Crippen molar-refractivity contribution < 1.29 is 4.79 Å². The summed E-state index contributed by atoms with van der Waals surface area (Å²) < 4.78 is 0. The van der Waals surface area contributed by atoms with Gasteiger partial charge < -0.3 is 5.32 Å². The SMILES string of the molecule is CC(NC(=O)C(C)(C)c1ccccc1)C12CC3CC(CC(C3)C1)C2. The van der Waals surface area contributed by atoms with E-state index in [0.717, 1.165) is 23.3 Å². The Balaban J connectivity index is 1.50. The van der Waals surface area contributed by atoms with Crippen LogP contribution < -0.4 is 5.32 Å². The second kappa shape index (κ2) is 5.61. The molecule has 0 radical (unpaired) electrons. The van der Waals surface area contributed by atoms with E-state index in [4.69, 9.17) is 0 Å². The molecule has 1 atom stereocenters. The van der Waals surface area contributed by atoms with Crippen molar-refractivity contribution in [3.8, 4) is 0 Å². The zero-order valence-corrected chi connectivity index (χ0v) is 15.3. The number of benzene rings is 1. The number of nitrogens with one attached hydrogen (secondary N) is 1. The number of hydrogen-bond donors (Lipinski definition) is 1. The highest BCUT2D eigenvalue weighted by molar-refractivity contribution is 5.87. The lowest BCUT2D eigenvalue weighted by atomic mass is 9.48.